The molecule has 1 aromatic rings. The molecule has 0 fully saturated rings. The summed E-state index contributed by atoms with van der Waals surface area (Å²) in [5, 5.41) is 20.9. The Labute approximate surface area is 113 Å². The van der Waals surface area contributed by atoms with Gasteiger partial charge in [-0.2, -0.15) is 5.26 Å². The minimum absolute atomic E-state index is 0.0341. The molecule has 1 unspecified atom stereocenters. The summed E-state index contributed by atoms with van der Waals surface area (Å²) in [6, 6.07) is 5.26. The maximum absolute atomic E-state index is 11.2. The van der Waals surface area contributed by atoms with Crippen molar-refractivity contribution in [3.8, 4) is 6.07 Å². The molecule has 1 heterocycles. The Bertz CT molecular complexity index is 469. The first-order valence-electron chi connectivity index (χ1n) is 6.14. The smallest absolute Gasteiger partial charge is 0.308 e. The standard InChI is InChI=1S/C14H19N3O2/c1-14(2,3)6-10(13(18)19)8-16-12-5-4-11(7-15)17-9-12/h4-5,9-10,16H,6,8H2,1-3H3,(H,18,19). The van der Waals surface area contributed by atoms with Gasteiger partial charge >= 0.3 is 5.97 Å². The number of pyridine rings is 1. The Balaban J connectivity index is 2.61. The zero-order chi connectivity index (χ0) is 14.5. The minimum atomic E-state index is -0.802. The predicted octanol–water partition coefficient (Wildman–Crippen LogP) is 2.50. The Morgan fingerprint density at radius 1 is 1.53 bits per heavy atom. The van der Waals surface area contributed by atoms with E-state index in [2.05, 4.69) is 10.3 Å². The van der Waals surface area contributed by atoms with Crippen LogP contribution in [0.2, 0.25) is 0 Å². The van der Waals surface area contributed by atoms with E-state index in [9.17, 15) is 9.90 Å². The number of carboxylic acids is 1. The van der Waals surface area contributed by atoms with Crippen LogP contribution in [0.4, 0.5) is 5.69 Å². The van der Waals surface area contributed by atoms with Crippen LogP contribution in [0.1, 0.15) is 32.9 Å². The highest BCUT2D eigenvalue weighted by atomic mass is 16.4. The fourth-order valence-corrected chi connectivity index (χ4v) is 1.79. The normalized spacial score (nSPS) is 12.5. The van der Waals surface area contributed by atoms with E-state index in [1.807, 2.05) is 26.8 Å². The van der Waals surface area contributed by atoms with Crippen molar-refractivity contribution in [1.29, 1.82) is 5.26 Å². The number of nitrogens with zero attached hydrogens (tertiary/aromatic N) is 2. The van der Waals surface area contributed by atoms with E-state index in [1.54, 1.807) is 12.1 Å². The number of aromatic nitrogens is 1. The van der Waals surface area contributed by atoms with Crippen LogP contribution in [0.3, 0.4) is 0 Å². The Morgan fingerprint density at radius 2 is 2.21 bits per heavy atom. The van der Waals surface area contributed by atoms with Gasteiger partial charge in [0.2, 0.25) is 0 Å². The molecule has 19 heavy (non-hydrogen) atoms. The quantitative estimate of drug-likeness (QED) is 0.850. The Hall–Kier alpha value is -2.09. The summed E-state index contributed by atoms with van der Waals surface area (Å²) >= 11 is 0. The second-order valence-corrected chi connectivity index (χ2v) is 5.72. The number of carboxylic acid groups (broad SMARTS) is 1. The number of carbonyl (C=O) groups is 1. The molecule has 1 aromatic heterocycles. The molecule has 0 aliphatic carbocycles. The second kappa shape index (κ2) is 6.19. The van der Waals surface area contributed by atoms with Gasteiger partial charge in [-0.3, -0.25) is 4.79 Å². The largest absolute Gasteiger partial charge is 0.481 e. The van der Waals surface area contributed by atoms with Gasteiger partial charge in [0.05, 0.1) is 17.8 Å². The van der Waals surface area contributed by atoms with E-state index in [1.165, 1.54) is 6.20 Å². The van der Waals surface area contributed by atoms with Crippen LogP contribution in [0, 0.1) is 22.7 Å². The average molecular weight is 261 g/mol. The van der Waals surface area contributed by atoms with E-state index in [0.29, 0.717) is 18.7 Å². The molecule has 1 atom stereocenters. The van der Waals surface area contributed by atoms with Gasteiger partial charge in [-0.1, -0.05) is 20.8 Å². The maximum Gasteiger partial charge on any atom is 0.308 e. The van der Waals surface area contributed by atoms with Gasteiger partial charge in [0, 0.05) is 6.54 Å². The number of nitrogens with one attached hydrogen (secondary N) is 1. The molecule has 0 spiro atoms. The van der Waals surface area contributed by atoms with E-state index < -0.39 is 11.9 Å². The van der Waals surface area contributed by atoms with Crippen LogP contribution < -0.4 is 5.32 Å². The lowest BCUT2D eigenvalue weighted by molar-refractivity contribution is -0.142. The van der Waals surface area contributed by atoms with Gasteiger partial charge in [0.15, 0.2) is 0 Å². The van der Waals surface area contributed by atoms with Crippen LogP contribution >= 0.6 is 0 Å². The van der Waals surface area contributed by atoms with Crippen molar-refractivity contribution < 1.29 is 9.90 Å². The summed E-state index contributed by atoms with van der Waals surface area (Å²) in [5.74, 6) is -1.25. The van der Waals surface area contributed by atoms with Crippen molar-refractivity contribution >= 4 is 11.7 Å². The Kier molecular flexibility index (Phi) is 4.87. The van der Waals surface area contributed by atoms with E-state index in [-0.39, 0.29) is 5.41 Å². The highest BCUT2D eigenvalue weighted by Crippen LogP contribution is 2.25. The fraction of sp³-hybridized carbons (Fsp3) is 0.500. The molecule has 2 N–H and O–H groups in total. The molecule has 102 valence electrons. The Morgan fingerprint density at radius 3 is 2.63 bits per heavy atom. The van der Waals surface area contributed by atoms with Gasteiger partial charge in [0.25, 0.3) is 0 Å². The van der Waals surface area contributed by atoms with Crippen molar-refractivity contribution in [1.82, 2.24) is 4.98 Å². The highest BCUT2D eigenvalue weighted by Gasteiger charge is 2.24. The molecule has 5 heteroatoms. The van der Waals surface area contributed by atoms with Gasteiger partial charge < -0.3 is 10.4 Å². The zero-order valence-corrected chi connectivity index (χ0v) is 11.5. The van der Waals surface area contributed by atoms with Crippen LogP contribution in [-0.4, -0.2) is 22.6 Å². The molecular weight excluding hydrogens is 242 g/mol. The molecule has 0 aliphatic rings. The summed E-state index contributed by atoms with van der Waals surface area (Å²) in [4.78, 5) is 15.1. The molecule has 0 saturated carbocycles. The number of aliphatic carboxylic acids is 1. The summed E-state index contributed by atoms with van der Waals surface area (Å²) in [5.41, 5.74) is 1.03. The molecule has 0 aliphatic heterocycles. The molecule has 0 aromatic carbocycles. The molecule has 5 nitrogen and oxygen atoms in total. The molecule has 1 rings (SSSR count). The summed E-state index contributed by atoms with van der Waals surface area (Å²) in [7, 11) is 0. The number of hydrogen-bond acceptors (Lipinski definition) is 4. The predicted molar refractivity (Wildman–Crippen MR) is 72.6 cm³/mol. The van der Waals surface area contributed by atoms with E-state index >= 15 is 0 Å². The van der Waals surface area contributed by atoms with Crippen molar-refractivity contribution in [2.75, 3.05) is 11.9 Å². The van der Waals surface area contributed by atoms with Crippen LogP contribution in [-0.2, 0) is 4.79 Å². The topological polar surface area (TPSA) is 86.0 Å². The lowest BCUT2D eigenvalue weighted by atomic mass is 9.84. The number of nitriles is 1. The van der Waals surface area contributed by atoms with Crippen LogP contribution in [0.25, 0.3) is 0 Å². The molecule has 0 radical (unpaired) electrons. The second-order valence-electron chi connectivity index (χ2n) is 5.72. The van der Waals surface area contributed by atoms with Crippen molar-refractivity contribution in [2.45, 2.75) is 27.2 Å². The third-order valence-electron chi connectivity index (χ3n) is 2.64. The summed E-state index contributed by atoms with van der Waals surface area (Å²) in [6.45, 7) is 6.41. The van der Waals surface area contributed by atoms with Gasteiger partial charge in [0.1, 0.15) is 11.8 Å². The summed E-state index contributed by atoms with van der Waals surface area (Å²) in [6.07, 6.45) is 2.13. The summed E-state index contributed by atoms with van der Waals surface area (Å²) < 4.78 is 0. The van der Waals surface area contributed by atoms with Crippen molar-refractivity contribution in [2.24, 2.45) is 11.3 Å². The van der Waals surface area contributed by atoms with Gasteiger partial charge in [-0.05, 0) is 24.0 Å². The zero-order valence-electron chi connectivity index (χ0n) is 11.5. The first-order chi connectivity index (χ1) is 8.81. The highest BCUT2D eigenvalue weighted by molar-refractivity contribution is 5.70. The number of rotatable bonds is 5. The van der Waals surface area contributed by atoms with Gasteiger partial charge in [-0.15, -0.1) is 0 Å². The third kappa shape index (κ3) is 5.38. The van der Waals surface area contributed by atoms with Crippen molar-refractivity contribution in [3.05, 3.63) is 24.0 Å². The third-order valence-corrected chi connectivity index (χ3v) is 2.64. The maximum atomic E-state index is 11.2. The SMILES string of the molecule is CC(C)(C)CC(CNc1ccc(C#N)nc1)C(=O)O. The first kappa shape index (κ1) is 15.0. The molecular formula is C14H19N3O2. The van der Waals surface area contributed by atoms with E-state index in [0.717, 1.165) is 5.69 Å². The molecule has 0 saturated heterocycles. The van der Waals surface area contributed by atoms with Gasteiger partial charge in [-0.25, -0.2) is 4.98 Å². The van der Waals surface area contributed by atoms with Crippen LogP contribution in [0.15, 0.2) is 18.3 Å². The average Bonchev–Trinajstić information content (AvgIpc) is 2.33. The minimum Gasteiger partial charge on any atom is -0.481 e. The van der Waals surface area contributed by atoms with E-state index in [4.69, 9.17) is 5.26 Å². The lowest BCUT2D eigenvalue weighted by Crippen LogP contribution is -2.27. The molecule has 0 amide bonds. The monoisotopic (exact) mass is 261 g/mol. The van der Waals surface area contributed by atoms with Crippen LogP contribution in [0.5, 0.6) is 0 Å². The number of anilines is 1. The van der Waals surface area contributed by atoms with Crippen molar-refractivity contribution in [3.63, 3.8) is 0 Å². The lowest BCUT2D eigenvalue weighted by Gasteiger charge is -2.23. The fourth-order valence-electron chi connectivity index (χ4n) is 1.79. The molecule has 0 bridgehead atoms. The first-order valence-corrected chi connectivity index (χ1v) is 6.14. The number of hydrogen-bond donors (Lipinski definition) is 2.